The Morgan fingerprint density at radius 2 is 1.67 bits per heavy atom. The lowest BCUT2D eigenvalue weighted by atomic mass is 10.0. The number of nitro groups is 1. The van der Waals surface area contributed by atoms with Crippen molar-refractivity contribution in [2.75, 3.05) is 21.3 Å². The lowest BCUT2D eigenvalue weighted by molar-refractivity contribution is -0.385. The molecule has 0 aliphatic heterocycles. The lowest BCUT2D eigenvalue weighted by Gasteiger charge is -2.12. The first kappa shape index (κ1) is 19.8. The first-order chi connectivity index (χ1) is 12.8. The molecule has 142 valence electrons. The molecular weight excluding hydrogens is 354 g/mol. The summed E-state index contributed by atoms with van der Waals surface area (Å²) in [4.78, 5) is 22.7. The van der Waals surface area contributed by atoms with Crippen molar-refractivity contribution < 1.29 is 29.0 Å². The van der Waals surface area contributed by atoms with Crippen LogP contribution in [0, 0.1) is 17.0 Å². The van der Waals surface area contributed by atoms with Crippen LogP contribution in [0.3, 0.4) is 0 Å². The van der Waals surface area contributed by atoms with Crippen molar-refractivity contribution >= 4 is 17.5 Å². The van der Waals surface area contributed by atoms with Gasteiger partial charge in [-0.2, -0.15) is 0 Å². The van der Waals surface area contributed by atoms with Gasteiger partial charge in [-0.25, -0.2) is 0 Å². The van der Waals surface area contributed by atoms with E-state index < -0.39 is 22.1 Å². The Labute approximate surface area is 155 Å². The number of allylic oxidation sites excluding steroid dienone is 1. The maximum Gasteiger partial charge on any atom is 0.311 e. The molecule has 2 aromatic carbocycles. The van der Waals surface area contributed by atoms with Gasteiger partial charge in [0.15, 0.2) is 17.3 Å². The molecule has 1 N–H and O–H groups in total. The Morgan fingerprint density at radius 1 is 1.07 bits per heavy atom. The molecule has 2 aromatic rings. The molecule has 0 heterocycles. The number of carbonyl (C=O) groups is 1. The van der Waals surface area contributed by atoms with Gasteiger partial charge in [0.25, 0.3) is 0 Å². The molecule has 8 nitrogen and oxygen atoms in total. The Morgan fingerprint density at radius 3 is 2.15 bits per heavy atom. The fraction of sp³-hybridized carbons (Fsp3) is 0.211. The van der Waals surface area contributed by atoms with E-state index in [1.54, 1.807) is 19.1 Å². The van der Waals surface area contributed by atoms with Crippen LogP contribution < -0.4 is 14.2 Å². The van der Waals surface area contributed by atoms with Crippen molar-refractivity contribution in [3.63, 3.8) is 0 Å². The minimum absolute atomic E-state index is 0.148. The molecule has 2 rings (SSSR count). The predicted octanol–water partition coefficient (Wildman–Crippen LogP) is 3.53. The van der Waals surface area contributed by atoms with Gasteiger partial charge in [-0.05, 0) is 42.3 Å². The Hall–Kier alpha value is -3.55. The number of ketones is 1. The van der Waals surface area contributed by atoms with E-state index in [1.165, 1.54) is 45.6 Å². The highest BCUT2D eigenvalue weighted by atomic mass is 16.6. The lowest BCUT2D eigenvalue weighted by Crippen LogP contribution is -2.00. The number of hydrogen-bond donors (Lipinski definition) is 1. The average molecular weight is 373 g/mol. The number of nitro benzene ring substituents is 1. The van der Waals surface area contributed by atoms with Gasteiger partial charge in [0.1, 0.15) is 0 Å². The standard InChI is InChI=1S/C19H19NO7/c1-11-7-13(18(22)14(8-11)20(23)24)15(21)6-5-12-9-16(25-2)19(27-4)17(10-12)26-3/h5-10,22H,1-4H3/b6-5-. The number of rotatable bonds is 7. The van der Waals surface area contributed by atoms with Gasteiger partial charge in [-0.15, -0.1) is 0 Å². The van der Waals surface area contributed by atoms with E-state index in [1.807, 2.05) is 0 Å². The van der Waals surface area contributed by atoms with Crippen LogP contribution >= 0.6 is 0 Å². The maximum absolute atomic E-state index is 12.4. The number of hydrogen-bond acceptors (Lipinski definition) is 7. The second-order valence-electron chi connectivity index (χ2n) is 5.59. The molecule has 0 aliphatic carbocycles. The summed E-state index contributed by atoms with van der Waals surface area (Å²) in [5, 5.41) is 21.0. The minimum atomic E-state index is -0.734. The Kier molecular flexibility index (Phi) is 6.02. The van der Waals surface area contributed by atoms with E-state index >= 15 is 0 Å². The van der Waals surface area contributed by atoms with Gasteiger partial charge < -0.3 is 19.3 Å². The van der Waals surface area contributed by atoms with Crippen LogP contribution in [0.25, 0.3) is 6.08 Å². The van der Waals surface area contributed by atoms with Crippen LogP contribution in [0.5, 0.6) is 23.0 Å². The van der Waals surface area contributed by atoms with Crippen molar-refractivity contribution in [1.29, 1.82) is 0 Å². The summed E-state index contributed by atoms with van der Waals surface area (Å²) in [6.45, 7) is 1.60. The zero-order chi connectivity index (χ0) is 20.1. The number of phenols is 1. The first-order valence-electron chi connectivity index (χ1n) is 7.82. The summed E-state index contributed by atoms with van der Waals surface area (Å²) >= 11 is 0. The molecule has 0 bridgehead atoms. The topological polar surface area (TPSA) is 108 Å². The summed E-state index contributed by atoms with van der Waals surface area (Å²) in [5.41, 5.74) is 0.411. The molecular formula is C19H19NO7. The highest BCUT2D eigenvalue weighted by Crippen LogP contribution is 2.38. The number of nitrogens with zero attached hydrogens (tertiary/aromatic N) is 1. The zero-order valence-electron chi connectivity index (χ0n) is 15.3. The summed E-state index contributed by atoms with van der Waals surface area (Å²) < 4.78 is 15.7. The minimum Gasteiger partial charge on any atom is -0.502 e. The number of aryl methyl sites for hydroxylation is 1. The van der Waals surface area contributed by atoms with Crippen molar-refractivity contribution in [2.45, 2.75) is 6.92 Å². The van der Waals surface area contributed by atoms with Gasteiger partial charge in [-0.3, -0.25) is 14.9 Å². The average Bonchev–Trinajstić information content (AvgIpc) is 2.66. The van der Waals surface area contributed by atoms with Crippen LogP contribution in [-0.2, 0) is 0 Å². The summed E-state index contributed by atoms with van der Waals surface area (Å²) in [5.74, 6) is 0.00426. The maximum atomic E-state index is 12.4. The number of carbonyl (C=O) groups excluding carboxylic acids is 1. The highest BCUT2D eigenvalue weighted by molar-refractivity contribution is 6.09. The molecule has 0 aromatic heterocycles. The third-order valence-electron chi connectivity index (χ3n) is 3.81. The molecule has 0 saturated heterocycles. The van der Waals surface area contributed by atoms with Gasteiger partial charge >= 0.3 is 5.69 Å². The largest absolute Gasteiger partial charge is 0.502 e. The van der Waals surface area contributed by atoms with E-state index in [-0.39, 0.29) is 5.56 Å². The van der Waals surface area contributed by atoms with Crippen LogP contribution in [-0.4, -0.2) is 37.1 Å². The molecule has 0 atom stereocenters. The highest BCUT2D eigenvalue weighted by Gasteiger charge is 2.21. The van der Waals surface area contributed by atoms with Gasteiger partial charge in [-0.1, -0.05) is 6.08 Å². The fourth-order valence-corrected chi connectivity index (χ4v) is 2.55. The van der Waals surface area contributed by atoms with Crippen LogP contribution in [0.4, 0.5) is 5.69 Å². The Bertz CT molecular complexity index is 894. The summed E-state index contributed by atoms with van der Waals surface area (Å²) in [7, 11) is 4.42. The quantitative estimate of drug-likeness (QED) is 0.342. The van der Waals surface area contributed by atoms with Crippen molar-refractivity contribution in [3.05, 3.63) is 57.1 Å². The molecule has 0 aliphatic rings. The summed E-state index contributed by atoms with van der Waals surface area (Å²) in [6.07, 6.45) is 2.69. The number of methoxy groups -OCH3 is 3. The zero-order valence-corrected chi connectivity index (χ0v) is 15.3. The first-order valence-corrected chi connectivity index (χ1v) is 7.82. The molecule has 0 saturated carbocycles. The van der Waals surface area contributed by atoms with E-state index in [0.717, 1.165) is 0 Å². The van der Waals surface area contributed by atoms with E-state index in [0.29, 0.717) is 28.4 Å². The molecule has 0 radical (unpaired) electrons. The monoisotopic (exact) mass is 373 g/mol. The SMILES string of the molecule is COc1cc(/C=C\C(=O)c2cc(C)cc([N+](=O)[O-])c2O)cc(OC)c1OC. The predicted molar refractivity (Wildman–Crippen MR) is 99.0 cm³/mol. The second-order valence-corrected chi connectivity index (χ2v) is 5.59. The van der Waals surface area contributed by atoms with Crippen LogP contribution in [0.1, 0.15) is 21.5 Å². The van der Waals surface area contributed by atoms with Crippen LogP contribution in [0.2, 0.25) is 0 Å². The molecule has 8 heteroatoms. The molecule has 27 heavy (non-hydrogen) atoms. The molecule has 0 spiro atoms. The third-order valence-corrected chi connectivity index (χ3v) is 3.81. The summed E-state index contributed by atoms with van der Waals surface area (Å²) in [6, 6.07) is 5.88. The second kappa shape index (κ2) is 8.22. The third kappa shape index (κ3) is 4.17. The van der Waals surface area contributed by atoms with Crippen LogP contribution in [0.15, 0.2) is 30.3 Å². The van der Waals surface area contributed by atoms with E-state index in [4.69, 9.17) is 14.2 Å². The van der Waals surface area contributed by atoms with Crippen molar-refractivity contribution in [2.24, 2.45) is 0 Å². The van der Waals surface area contributed by atoms with Gasteiger partial charge in [0.2, 0.25) is 11.5 Å². The van der Waals surface area contributed by atoms with Gasteiger partial charge in [0, 0.05) is 6.07 Å². The molecule has 0 amide bonds. The fourth-order valence-electron chi connectivity index (χ4n) is 2.55. The number of benzene rings is 2. The number of aromatic hydroxyl groups is 1. The molecule has 0 unspecified atom stereocenters. The smallest absolute Gasteiger partial charge is 0.311 e. The van der Waals surface area contributed by atoms with E-state index in [2.05, 4.69) is 0 Å². The number of phenolic OH excluding ortho intramolecular Hbond substituents is 1. The van der Waals surface area contributed by atoms with Gasteiger partial charge in [0.05, 0.1) is 31.8 Å². The van der Waals surface area contributed by atoms with E-state index in [9.17, 15) is 20.0 Å². The molecule has 0 fully saturated rings. The normalized spacial score (nSPS) is 10.7. The van der Waals surface area contributed by atoms with Crippen molar-refractivity contribution in [1.82, 2.24) is 0 Å². The van der Waals surface area contributed by atoms with Crippen molar-refractivity contribution in [3.8, 4) is 23.0 Å². The Balaban J connectivity index is 2.42. The number of ether oxygens (including phenoxy) is 3.